The Balaban J connectivity index is 2.43. The molecule has 0 fully saturated rings. The molecule has 0 heterocycles. The van der Waals surface area contributed by atoms with Crippen molar-refractivity contribution in [2.45, 2.75) is 6.92 Å². The second kappa shape index (κ2) is 9.08. The first-order chi connectivity index (χ1) is 12.0. The summed E-state index contributed by atoms with van der Waals surface area (Å²) in [5.41, 5.74) is 2.12. The zero-order valence-electron chi connectivity index (χ0n) is 13.5. The Morgan fingerprint density at radius 1 is 1.28 bits per heavy atom. The van der Waals surface area contributed by atoms with Gasteiger partial charge < -0.3 is 14.6 Å². The summed E-state index contributed by atoms with van der Waals surface area (Å²) in [6.45, 7) is 1.80. The van der Waals surface area contributed by atoms with Crippen LogP contribution >= 0.6 is 22.6 Å². The molecule has 25 heavy (non-hydrogen) atoms. The largest absolute Gasteiger partial charge is 0.490 e. The van der Waals surface area contributed by atoms with Crippen LogP contribution in [0.1, 0.15) is 18.1 Å². The highest BCUT2D eigenvalue weighted by molar-refractivity contribution is 14.1. The highest BCUT2D eigenvalue weighted by Gasteiger charge is 2.13. The lowest BCUT2D eigenvalue weighted by Gasteiger charge is -2.13. The normalized spacial score (nSPS) is 10.8. The van der Waals surface area contributed by atoms with Crippen LogP contribution in [0.4, 0.5) is 0 Å². The van der Waals surface area contributed by atoms with Crippen LogP contribution in [0.2, 0.25) is 0 Å². The highest BCUT2D eigenvalue weighted by atomic mass is 127. The zero-order chi connectivity index (χ0) is 18.2. The Kier molecular flexibility index (Phi) is 6.83. The highest BCUT2D eigenvalue weighted by Crippen LogP contribution is 2.35. The second-order valence-corrected chi connectivity index (χ2v) is 6.14. The maximum Gasteiger partial charge on any atom is 0.341 e. The zero-order valence-corrected chi connectivity index (χ0v) is 15.7. The summed E-state index contributed by atoms with van der Waals surface area (Å²) in [6, 6.07) is 15.1. The summed E-state index contributed by atoms with van der Waals surface area (Å²) in [5, 5.41) is 18.2. The van der Waals surface area contributed by atoms with Crippen molar-refractivity contribution in [1.82, 2.24) is 0 Å². The number of benzene rings is 2. The molecule has 0 atom stereocenters. The number of carboxylic acids is 1. The summed E-state index contributed by atoms with van der Waals surface area (Å²) >= 11 is 2.06. The van der Waals surface area contributed by atoms with Crippen molar-refractivity contribution in [3.05, 3.63) is 57.2 Å². The standard InChI is InChI=1S/C19H16INO4/c1-2-24-17-10-13(9-16(20)19(17)25-12-18(22)23)8-15(11-21)14-6-4-3-5-7-14/h3-10H,2,12H2,1H3,(H,22,23)/b15-8+. The van der Waals surface area contributed by atoms with E-state index in [1.54, 1.807) is 12.1 Å². The van der Waals surface area contributed by atoms with Gasteiger partial charge in [0.25, 0.3) is 0 Å². The van der Waals surface area contributed by atoms with Crippen molar-refractivity contribution in [1.29, 1.82) is 5.26 Å². The van der Waals surface area contributed by atoms with Crippen molar-refractivity contribution >= 4 is 40.2 Å². The van der Waals surface area contributed by atoms with E-state index in [1.807, 2.05) is 43.3 Å². The molecule has 2 aromatic rings. The Labute approximate surface area is 159 Å². The van der Waals surface area contributed by atoms with E-state index in [0.717, 1.165) is 11.1 Å². The van der Waals surface area contributed by atoms with E-state index in [9.17, 15) is 10.1 Å². The molecule has 0 aliphatic rings. The van der Waals surface area contributed by atoms with Crippen LogP contribution in [-0.4, -0.2) is 24.3 Å². The van der Waals surface area contributed by atoms with E-state index in [4.69, 9.17) is 14.6 Å². The minimum absolute atomic E-state index is 0.389. The predicted octanol–water partition coefficient (Wildman–Crippen LogP) is 4.22. The SMILES string of the molecule is CCOc1cc(/C=C(\C#N)c2ccccc2)cc(I)c1OCC(=O)O. The molecular weight excluding hydrogens is 433 g/mol. The average molecular weight is 449 g/mol. The molecule has 0 aliphatic carbocycles. The number of hydrogen-bond donors (Lipinski definition) is 1. The Morgan fingerprint density at radius 2 is 2.00 bits per heavy atom. The van der Waals surface area contributed by atoms with Gasteiger partial charge in [0, 0.05) is 0 Å². The number of allylic oxidation sites excluding steroid dienone is 1. The molecule has 2 aromatic carbocycles. The van der Waals surface area contributed by atoms with Crippen molar-refractivity contribution < 1.29 is 19.4 Å². The van der Waals surface area contributed by atoms with Gasteiger partial charge in [0.1, 0.15) is 0 Å². The van der Waals surface area contributed by atoms with Crippen molar-refractivity contribution in [2.75, 3.05) is 13.2 Å². The van der Waals surface area contributed by atoms with E-state index >= 15 is 0 Å². The van der Waals surface area contributed by atoms with Crippen molar-refractivity contribution in [2.24, 2.45) is 0 Å². The number of carbonyl (C=O) groups is 1. The molecule has 6 heteroatoms. The van der Waals surface area contributed by atoms with E-state index in [-0.39, 0.29) is 0 Å². The van der Waals surface area contributed by atoms with Gasteiger partial charge in [-0.3, -0.25) is 0 Å². The third-order valence-electron chi connectivity index (χ3n) is 3.19. The third kappa shape index (κ3) is 5.22. The summed E-state index contributed by atoms with van der Waals surface area (Å²) in [7, 11) is 0. The first kappa shape index (κ1) is 18.8. The van der Waals surface area contributed by atoms with Gasteiger partial charge in [0.05, 0.1) is 21.8 Å². The van der Waals surface area contributed by atoms with Gasteiger partial charge in [-0.1, -0.05) is 30.3 Å². The number of rotatable bonds is 7. The lowest BCUT2D eigenvalue weighted by Crippen LogP contribution is -2.11. The van der Waals surface area contributed by atoms with Gasteiger partial charge in [-0.05, 0) is 58.9 Å². The molecule has 0 saturated carbocycles. The smallest absolute Gasteiger partial charge is 0.341 e. The summed E-state index contributed by atoms with van der Waals surface area (Å²) in [4.78, 5) is 10.7. The fraction of sp³-hybridized carbons (Fsp3) is 0.158. The van der Waals surface area contributed by atoms with Crippen LogP contribution in [0.3, 0.4) is 0 Å². The molecule has 0 bridgehead atoms. The van der Waals surface area contributed by atoms with Crippen LogP contribution in [-0.2, 0) is 4.79 Å². The molecule has 0 saturated heterocycles. The first-order valence-electron chi connectivity index (χ1n) is 7.53. The van der Waals surface area contributed by atoms with Gasteiger partial charge >= 0.3 is 5.97 Å². The summed E-state index contributed by atoms with van der Waals surface area (Å²) in [6.07, 6.45) is 1.76. The fourth-order valence-corrected chi connectivity index (χ4v) is 2.95. The van der Waals surface area contributed by atoms with Crippen LogP contribution in [0, 0.1) is 14.9 Å². The van der Waals surface area contributed by atoms with Crippen LogP contribution in [0.25, 0.3) is 11.6 Å². The number of nitrogens with zero attached hydrogens (tertiary/aromatic N) is 1. The van der Waals surface area contributed by atoms with E-state index < -0.39 is 12.6 Å². The topological polar surface area (TPSA) is 79.5 Å². The molecule has 0 unspecified atom stereocenters. The quantitative estimate of drug-likeness (QED) is 0.389. The Hall–Kier alpha value is -2.53. The Bertz CT molecular complexity index is 825. The van der Waals surface area contributed by atoms with Crippen LogP contribution in [0.15, 0.2) is 42.5 Å². The van der Waals surface area contributed by atoms with Gasteiger partial charge in [0.15, 0.2) is 18.1 Å². The van der Waals surface area contributed by atoms with E-state index in [0.29, 0.717) is 27.2 Å². The maximum absolute atomic E-state index is 10.7. The molecule has 1 N–H and O–H groups in total. The van der Waals surface area contributed by atoms with Gasteiger partial charge in [0.2, 0.25) is 0 Å². The van der Waals surface area contributed by atoms with Gasteiger partial charge in [-0.25, -0.2) is 4.79 Å². The number of nitriles is 1. The minimum atomic E-state index is -1.06. The van der Waals surface area contributed by atoms with E-state index in [2.05, 4.69) is 28.7 Å². The molecule has 0 spiro atoms. The summed E-state index contributed by atoms with van der Waals surface area (Å²) in [5.74, 6) is -0.217. The number of hydrogen-bond acceptors (Lipinski definition) is 4. The lowest BCUT2D eigenvalue weighted by atomic mass is 10.0. The third-order valence-corrected chi connectivity index (χ3v) is 3.99. The number of ether oxygens (including phenoxy) is 2. The number of aliphatic carboxylic acids is 1. The summed E-state index contributed by atoms with van der Waals surface area (Å²) < 4.78 is 11.6. The van der Waals surface area contributed by atoms with Crippen LogP contribution in [0.5, 0.6) is 11.5 Å². The van der Waals surface area contributed by atoms with Gasteiger partial charge in [-0.2, -0.15) is 5.26 Å². The molecule has 0 aliphatic heterocycles. The first-order valence-corrected chi connectivity index (χ1v) is 8.61. The van der Waals surface area contributed by atoms with Gasteiger partial charge in [-0.15, -0.1) is 0 Å². The van der Waals surface area contributed by atoms with Crippen LogP contribution < -0.4 is 9.47 Å². The monoisotopic (exact) mass is 449 g/mol. The molecule has 128 valence electrons. The van der Waals surface area contributed by atoms with Crippen molar-refractivity contribution in [3.63, 3.8) is 0 Å². The molecule has 5 nitrogen and oxygen atoms in total. The van der Waals surface area contributed by atoms with E-state index in [1.165, 1.54) is 0 Å². The van der Waals surface area contributed by atoms with Crippen molar-refractivity contribution in [3.8, 4) is 17.6 Å². The number of carboxylic acid groups (broad SMARTS) is 1. The molecule has 0 amide bonds. The predicted molar refractivity (Wildman–Crippen MR) is 103 cm³/mol. The lowest BCUT2D eigenvalue weighted by molar-refractivity contribution is -0.139. The fourth-order valence-electron chi connectivity index (χ4n) is 2.17. The molecular formula is C19H16INO4. The second-order valence-electron chi connectivity index (χ2n) is 4.98. The molecule has 2 rings (SSSR count). The average Bonchev–Trinajstić information content (AvgIpc) is 2.59. The molecule has 0 aromatic heterocycles. The number of halogens is 1. The maximum atomic E-state index is 10.7. The Morgan fingerprint density at radius 3 is 2.60 bits per heavy atom. The molecule has 0 radical (unpaired) electrons. The minimum Gasteiger partial charge on any atom is -0.490 e.